The summed E-state index contributed by atoms with van der Waals surface area (Å²) in [6.45, 7) is 0.154. The van der Waals surface area contributed by atoms with Gasteiger partial charge in [-0.15, -0.1) is 0 Å². The lowest BCUT2D eigenvalue weighted by atomic mass is 9.54. The summed E-state index contributed by atoms with van der Waals surface area (Å²) < 4.78 is 1.69. The third-order valence-corrected chi connectivity index (χ3v) is 8.89. The van der Waals surface area contributed by atoms with Crippen LogP contribution >= 0.6 is 0 Å². The molecule has 6 N–H and O–H groups in total. The number of carbonyl (C=O) groups is 4. The van der Waals surface area contributed by atoms with Gasteiger partial charge in [0.15, 0.2) is 17.7 Å². The number of aromatic nitrogens is 1. The van der Waals surface area contributed by atoms with E-state index in [4.69, 9.17) is 5.73 Å². The van der Waals surface area contributed by atoms with Crippen LogP contribution in [0.25, 0.3) is 5.76 Å². The highest BCUT2D eigenvalue weighted by molar-refractivity contribution is 6.25. The average molecular weight is 567 g/mol. The van der Waals surface area contributed by atoms with E-state index in [1.165, 1.54) is 0 Å². The molecule has 41 heavy (non-hydrogen) atoms. The fourth-order valence-corrected chi connectivity index (χ4v) is 7.05. The number of carbonyl (C=O) groups excluding carboxylic acids is 4. The smallest absolute Gasteiger partial charge is 0.230 e. The Morgan fingerprint density at radius 3 is 2.46 bits per heavy atom. The molecular formula is C29H34N4O8. The van der Waals surface area contributed by atoms with E-state index in [-0.39, 0.29) is 36.3 Å². The maximum atomic E-state index is 14.1. The van der Waals surface area contributed by atoms with Crippen molar-refractivity contribution in [1.82, 2.24) is 9.47 Å². The number of aromatic hydroxyl groups is 1. The van der Waals surface area contributed by atoms with Gasteiger partial charge in [0.2, 0.25) is 11.7 Å². The topological polar surface area (TPSA) is 187 Å². The number of Topliss-reactive ketones (excluding diaryl/α,β-unsaturated/α-hetero) is 2. The number of phenols is 1. The number of rotatable bonds is 6. The van der Waals surface area contributed by atoms with Crippen molar-refractivity contribution in [2.45, 2.75) is 37.1 Å². The van der Waals surface area contributed by atoms with Gasteiger partial charge in [0.05, 0.1) is 18.2 Å². The van der Waals surface area contributed by atoms with Crippen LogP contribution in [-0.4, -0.2) is 99.6 Å². The highest BCUT2D eigenvalue weighted by Crippen LogP contribution is 2.53. The summed E-state index contributed by atoms with van der Waals surface area (Å²) in [7, 11) is 6.83. The maximum absolute atomic E-state index is 14.1. The van der Waals surface area contributed by atoms with Crippen molar-refractivity contribution in [2.24, 2.45) is 23.5 Å². The lowest BCUT2D eigenvalue weighted by Crippen LogP contribution is -2.73. The van der Waals surface area contributed by atoms with E-state index in [0.29, 0.717) is 28.7 Å². The average Bonchev–Trinajstić information content (AvgIpc) is 3.34. The van der Waals surface area contributed by atoms with E-state index < -0.39 is 58.7 Å². The predicted octanol–water partition coefficient (Wildman–Crippen LogP) is -0.143. The van der Waals surface area contributed by atoms with Crippen LogP contribution < -0.4 is 10.6 Å². The Balaban J connectivity index is 1.68. The number of phenolic OH excluding ortho intramolecular Hbond substituents is 1. The van der Waals surface area contributed by atoms with Crippen LogP contribution in [0.5, 0.6) is 5.75 Å². The molecule has 6 atom stereocenters. The minimum Gasteiger partial charge on any atom is -0.507 e. The Hall–Kier alpha value is -4.00. The zero-order chi connectivity index (χ0) is 30.1. The van der Waals surface area contributed by atoms with E-state index in [2.05, 4.69) is 0 Å². The number of aldehydes is 1. The number of ketones is 2. The second kappa shape index (κ2) is 9.82. The molecule has 2 saturated carbocycles. The Bertz CT molecular complexity index is 1510. The van der Waals surface area contributed by atoms with Gasteiger partial charge in [0, 0.05) is 60.8 Å². The summed E-state index contributed by atoms with van der Waals surface area (Å²) in [5, 5.41) is 45.8. The number of likely N-dealkylation sites (N-methyl/N-ethyl adjacent to an activating group) is 1. The number of nitrogens with two attached hydrogens (primary N) is 1. The standard InChI is InChI=1S/C29H34N4O8/c1-31(2)18-9-15(11-33-6-5-13(10-33)12-34)23(35)20-16(18)7-14-8-17-22(32(3)4)25(37)21(28(30)40)27(39)29(17,41)26(38)19(14)24(20)36/h5-6,9-10,12,14,17,21-22,25,35-37,41H,7-8,11H2,1-4H3,(H2,30,40)/t14-,17-,21?,22-,25?,29-/m0/s1. The molecule has 2 unspecified atom stereocenters. The second-order valence-electron chi connectivity index (χ2n) is 11.7. The van der Waals surface area contributed by atoms with Crippen molar-refractivity contribution < 1.29 is 39.6 Å². The van der Waals surface area contributed by atoms with E-state index >= 15 is 0 Å². The number of nitrogens with zero attached hydrogens (tertiary/aromatic N) is 3. The fraction of sp³-hybridized carbons (Fsp3) is 0.448. The van der Waals surface area contributed by atoms with E-state index in [0.717, 1.165) is 0 Å². The number of benzene rings is 1. The molecule has 0 radical (unpaired) electrons. The van der Waals surface area contributed by atoms with Crippen molar-refractivity contribution in [1.29, 1.82) is 0 Å². The maximum Gasteiger partial charge on any atom is 0.230 e. The first-order valence-corrected chi connectivity index (χ1v) is 13.3. The number of aliphatic hydroxyl groups excluding tert-OH is 2. The molecule has 3 aliphatic rings. The normalized spacial score (nSPS) is 29.2. The minimum atomic E-state index is -2.71. The Kier molecular flexibility index (Phi) is 6.84. The number of hydrogen-bond donors (Lipinski definition) is 5. The van der Waals surface area contributed by atoms with E-state index in [1.807, 2.05) is 4.90 Å². The summed E-state index contributed by atoms with van der Waals surface area (Å²) in [6, 6.07) is 2.45. The number of hydrogen-bond acceptors (Lipinski definition) is 10. The van der Waals surface area contributed by atoms with Crippen molar-refractivity contribution >= 4 is 35.2 Å². The number of fused-ring (bicyclic) bond motifs is 3. The first kappa shape index (κ1) is 28.5. The van der Waals surface area contributed by atoms with Gasteiger partial charge in [-0.25, -0.2) is 0 Å². The third kappa shape index (κ3) is 4.08. The molecule has 0 spiro atoms. The summed E-state index contributed by atoms with van der Waals surface area (Å²) in [6.07, 6.45) is 2.69. The molecule has 218 valence electrons. The van der Waals surface area contributed by atoms with Gasteiger partial charge >= 0.3 is 0 Å². The number of primary amides is 1. The third-order valence-electron chi connectivity index (χ3n) is 8.89. The zero-order valence-corrected chi connectivity index (χ0v) is 23.2. The minimum absolute atomic E-state index is 0.0227. The van der Waals surface area contributed by atoms with Crippen molar-refractivity contribution in [3.63, 3.8) is 0 Å². The molecular weight excluding hydrogens is 532 g/mol. The molecule has 1 heterocycles. The summed E-state index contributed by atoms with van der Waals surface area (Å²) >= 11 is 0. The van der Waals surface area contributed by atoms with Crippen LogP contribution in [-0.2, 0) is 27.3 Å². The SMILES string of the molecule is CN(C)c1cc(Cn2ccc(C=O)c2)c(O)c2c1C[C@H]1C[C@H]3[C@H](N(C)C)C(O)C(C(N)=O)C(=O)[C@@]3(O)C(=O)C1=C2O. The fourth-order valence-electron chi connectivity index (χ4n) is 7.05. The predicted molar refractivity (Wildman–Crippen MR) is 147 cm³/mol. The molecule has 12 heteroatoms. The first-order chi connectivity index (χ1) is 19.2. The monoisotopic (exact) mass is 566 g/mol. The van der Waals surface area contributed by atoms with Crippen LogP contribution in [0.15, 0.2) is 30.1 Å². The summed E-state index contributed by atoms with van der Waals surface area (Å²) in [5.74, 6) is -7.78. The van der Waals surface area contributed by atoms with Crippen LogP contribution in [0.1, 0.15) is 33.5 Å². The number of anilines is 1. The summed E-state index contributed by atoms with van der Waals surface area (Å²) in [4.78, 5) is 54.3. The van der Waals surface area contributed by atoms with Crippen LogP contribution in [0, 0.1) is 17.8 Å². The highest BCUT2D eigenvalue weighted by atomic mass is 16.3. The molecule has 0 aliphatic heterocycles. The molecule has 2 aromatic rings. The zero-order valence-electron chi connectivity index (χ0n) is 23.2. The molecule has 1 amide bonds. The quantitative estimate of drug-likeness (QED) is 0.233. The Morgan fingerprint density at radius 1 is 1.22 bits per heavy atom. The molecule has 5 rings (SSSR count). The molecule has 0 bridgehead atoms. The molecule has 1 aromatic heterocycles. The van der Waals surface area contributed by atoms with Crippen molar-refractivity contribution in [3.8, 4) is 5.75 Å². The highest BCUT2D eigenvalue weighted by Gasteiger charge is 2.67. The van der Waals surface area contributed by atoms with Gasteiger partial charge in [0.25, 0.3) is 0 Å². The van der Waals surface area contributed by atoms with Crippen LogP contribution in [0.3, 0.4) is 0 Å². The van der Waals surface area contributed by atoms with Gasteiger partial charge in [0.1, 0.15) is 17.4 Å². The van der Waals surface area contributed by atoms with Crippen LogP contribution in [0.4, 0.5) is 5.69 Å². The Morgan fingerprint density at radius 2 is 1.90 bits per heavy atom. The van der Waals surface area contributed by atoms with Gasteiger partial charge in [-0.05, 0) is 50.6 Å². The largest absolute Gasteiger partial charge is 0.507 e. The van der Waals surface area contributed by atoms with Gasteiger partial charge < -0.3 is 40.5 Å². The molecule has 12 nitrogen and oxygen atoms in total. The van der Waals surface area contributed by atoms with E-state index in [9.17, 15) is 39.6 Å². The lowest BCUT2D eigenvalue weighted by Gasteiger charge is -2.53. The number of aliphatic hydroxyl groups is 3. The van der Waals surface area contributed by atoms with Crippen molar-refractivity contribution in [3.05, 3.63) is 52.4 Å². The van der Waals surface area contributed by atoms with Gasteiger partial charge in [-0.1, -0.05) is 0 Å². The van der Waals surface area contributed by atoms with Gasteiger partial charge in [-0.2, -0.15) is 0 Å². The second-order valence-corrected chi connectivity index (χ2v) is 11.7. The molecule has 2 fully saturated rings. The van der Waals surface area contributed by atoms with Crippen molar-refractivity contribution in [2.75, 3.05) is 33.1 Å². The lowest BCUT2D eigenvalue weighted by molar-refractivity contribution is -0.184. The molecule has 3 aliphatic carbocycles. The molecule has 1 aromatic carbocycles. The Labute approximate surface area is 236 Å². The summed E-state index contributed by atoms with van der Waals surface area (Å²) in [5.41, 5.74) is 4.67. The van der Waals surface area contributed by atoms with Gasteiger partial charge in [-0.3, -0.25) is 19.2 Å². The van der Waals surface area contributed by atoms with E-state index in [1.54, 1.807) is 62.2 Å². The van der Waals surface area contributed by atoms with Crippen LogP contribution in [0.2, 0.25) is 0 Å². The molecule has 0 saturated heterocycles. The number of amides is 1. The first-order valence-electron chi connectivity index (χ1n) is 13.3.